The Morgan fingerprint density at radius 3 is 1.67 bits per heavy atom. The number of aliphatic hydroxyl groups is 2. The number of hydrogen-bond acceptors (Lipinski definition) is 6. The molecule has 0 radical (unpaired) electrons. The third kappa shape index (κ3) is 31.5. The van der Waals surface area contributed by atoms with Gasteiger partial charge in [0.25, 0.3) is 0 Å². The van der Waals surface area contributed by atoms with Crippen LogP contribution < -0.4 is 5.32 Å². The lowest BCUT2D eigenvalue weighted by Gasteiger charge is -2.12. The van der Waals surface area contributed by atoms with E-state index >= 15 is 0 Å². The molecule has 1 atom stereocenters. The molecule has 0 aliphatic rings. The molecule has 0 unspecified atom stereocenters. The smallest absolute Gasteiger partial charge is 0.385 e. The van der Waals surface area contributed by atoms with Gasteiger partial charge >= 0.3 is 5.97 Å². The topological polar surface area (TPSA) is 105 Å². The lowest BCUT2D eigenvalue weighted by atomic mass is 10.4. The minimum absolute atomic E-state index is 0. The average molecular weight is 556 g/mol. The van der Waals surface area contributed by atoms with E-state index in [2.05, 4.69) is 146 Å². The molecule has 0 aliphatic carbocycles. The molecule has 0 aliphatic heterocycles. The third-order valence-corrected chi connectivity index (χ3v) is 2.60. The lowest BCUT2D eigenvalue weighted by Crippen LogP contribution is -2.26. The van der Waals surface area contributed by atoms with Crippen molar-refractivity contribution in [3.63, 3.8) is 0 Å². The molecule has 0 aromatic heterocycles. The molecule has 230 valence electrons. The van der Waals surface area contributed by atoms with E-state index in [4.69, 9.17) is 21.4 Å². The second kappa shape index (κ2) is 29.6. The fraction of sp³-hybridized carbons (Fsp3) is 0.188. The van der Waals surface area contributed by atoms with E-state index in [1.807, 2.05) is 0 Å². The SMILES string of the molecule is C#CC#CC#CC#CC#CC#CC#CC(=O)O[C@H](CO)COCO.CC#CC#CC#CC#CC#CNC(C)=O.[HH].[HH].[HH].[HH].[HH].[HH].[HH].[HH].[HH].[HH].[HH].[HH].[HH].[HH].[HH].[HH].[HH].[HH].[HH].[HH].[HH].[HH]. The van der Waals surface area contributed by atoms with E-state index in [1.54, 1.807) is 6.92 Å². The molecule has 0 spiro atoms. The lowest BCUT2D eigenvalue weighted by molar-refractivity contribution is -0.150. The van der Waals surface area contributed by atoms with Gasteiger partial charge in [-0.15, -0.1) is 6.42 Å². The number of aliphatic hydroxyl groups excluding tert-OH is 2. The van der Waals surface area contributed by atoms with Crippen LogP contribution in [0.15, 0.2) is 0 Å². The Morgan fingerprint density at radius 2 is 1.23 bits per heavy atom. The Hall–Kier alpha value is -6.46. The minimum atomic E-state index is -0.909. The summed E-state index contributed by atoms with van der Waals surface area (Å²) in [4.78, 5) is 21.6. The second-order valence-corrected chi connectivity index (χ2v) is 5.41. The van der Waals surface area contributed by atoms with Crippen LogP contribution in [0.3, 0.4) is 0 Å². The van der Waals surface area contributed by atoms with Crippen LogP contribution in [-0.4, -0.2) is 48.2 Å². The maximum atomic E-state index is 11.3. The molecule has 0 aromatic rings. The molecule has 0 aromatic carbocycles. The molecule has 0 saturated carbocycles. The first kappa shape index (κ1) is 34.7. The molecule has 39 heavy (non-hydrogen) atoms. The molecular formula is C32H61NO6. The highest BCUT2D eigenvalue weighted by Gasteiger charge is 2.11. The van der Waals surface area contributed by atoms with Crippen molar-refractivity contribution in [3.8, 4) is 143 Å². The number of amides is 1. The Bertz CT molecular complexity index is 1670. The van der Waals surface area contributed by atoms with E-state index < -0.39 is 25.5 Å². The summed E-state index contributed by atoms with van der Waals surface area (Å²) in [7, 11) is 0. The summed E-state index contributed by atoms with van der Waals surface area (Å²) in [6, 6.07) is 2.35. The summed E-state index contributed by atoms with van der Waals surface area (Å²) < 4.78 is 9.33. The van der Waals surface area contributed by atoms with Gasteiger partial charge in [0.05, 0.1) is 13.2 Å². The predicted molar refractivity (Wildman–Crippen MR) is 190 cm³/mol. The van der Waals surface area contributed by atoms with Gasteiger partial charge in [-0.05, 0) is 102 Å². The van der Waals surface area contributed by atoms with Gasteiger partial charge in [0.2, 0.25) is 5.91 Å². The van der Waals surface area contributed by atoms with Gasteiger partial charge in [0.1, 0.15) is 12.9 Å². The maximum Gasteiger partial charge on any atom is 0.385 e. The molecule has 0 bridgehead atoms. The number of ether oxygens (including phenoxy) is 2. The van der Waals surface area contributed by atoms with Crippen LogP contribution in [0.25, 0.3) is 0 Å². The summed E-state index contributed by atoms with van der Waals surface area (Å²) in [5.41, 5.74) is 0. The first-order valence-corrected chi connectivity index (χ1v) is 10.2. The predicted octanol–water partition coefficient (Wildman–Crippen LogP) is 4.04. The fourth-order valence-corrected chi connectivity index (χ4v) is 1.29. The molecular weight excluding hydrogens is 494 g/mol. The zero-order valence-corrected chi connectivity index (χ0v) is 20.8. The van der Waals surface area contributed by atoms with Crippen molar-refractivity contribution in [1.29, 1.82) is 0 Å². The van der Waals surface area contributed by atoms with Gasteiger partial charge in [-0.25, -0.2) is 4.79 Å². The van der Waals surface area contributed by atoms with Gasteiger partial charge in [-0.3, -0.25) is 10.1 Å². The van der Waals surface area contributed by atoms with E-state index in [0.29, 0.717) is 0 Å². The van der Waals surface area contributed by atoms with Crippen molar-refractivity contribution < 1.29 is 60.7 Å². The largest absolute Gasteiger partial charge is 0.448 e. The zero-order valence-electron chi connectivity index (χ0n) is 20.8. The number of terminal acetylenes is 1. The van der Waals surface area contributed by atoms with Crippen LogP contribution in [0, 0.1) is 143 Å². The summed E-state index contributed by atoms with van der Waals surface area (Å²) >= 11 is 0. The van der Waals surface area contributed by atoms with Crippen molar-refractivity contribution in [2.24, 2.45) is 0 Å². The first-order valence-electron chi connectivity index (χ1n) is 10.2. The molecule has 7 nitrogen and oxygen atoms in total. The Kier molecular flexibility index (Phi) is 26.3. The van der Waals surface area contributed by atoms with E-state index in [9.17, 15) is 9.59 Å². The second-order valence-electron chi connectivity index (χ2n) is 5.41. The van der Waals surface area contributed by atoms with Crippen molar-refractivity contribution >= 4 is 11.9 Å². The average Bonchev–Trinajstić information content (AvgIpc) is 2.92. The highest BCUT2D eigenvalue weighted by atomic mass is 16.6. The summed E-state index contributed by atoms with van der Waals surface area (Å²) in [6.45, 7) is 1.91. The molecule has 0 heterocycles. The number of carbonyl (C=O) groups excluding carboxylic acids is 2. The fourth-order valence-electron chi connectivity index (χ4n) is 1.29. The Labute approximate surface area is 261 Å². The monoisotopic (exact) mass is 555 g/mol. The highest BCUT2D eigenvalue weighted by molar-refractivity contribution is 5.89. The number of hydrogen-bond donors (Lipinski definition) is 3. The van der Waals surface area contributed by atoms with Crippen LogP contribution in [0.5, 0.6) is 0 Å². The normalized spacial score (nSPS) is 6.74. The molecule has 1 amide bonds. The van der Waals surface area contributed by atoms with Gasteiger partial charge in [0.15, 0.2) is 0 Å². The number of carbonyl (C=O) groups is 2. The summed E-state index contributed by atoms with van der Waals surface area (Å²) in [5.74, 6) is 51.4. The first-order chi connectivity index (χ1) is 19.0. The van der Waals surface area contributed by atoms with Crippen molar-refractivity contribution in [2.75, 3.05) is 20.0 Å². The number of nitrogens with one attached hydrogen (secondary N) is 1. The minimum Gasteiger partial charge on any atom is -0.448 e. The van der Waals surface area contributed by atoms with Crippen molar-refractivity contribution in [1.82, 2.24) is 5.32 Å². The molecule has 0 saturated heterocycles. The molecule has 7 heteroatoms. The zero-order chi connectivity index (χ0) is 29.2. The standard InChI is InChI=1S/C19H10O5.C13H7NO.22H2/c1-2-3-4-5-6-7-8-9-10-11-12-13-14-19(22)24-18(15-20)16-23-17-21;1-3-4-5-6-7-8-9-10-11-12-14-13(2)15;;;;;;;;;;;;;;;;;;;;;;/h1,18,20-21H,15-17H2;1-2H3,(H,14,15);22*1H/t18-;;;;;;;;;;;;;;;;;;;;;;;/m1......................./s1. The molecule has 0 rings (SSSR count). The Balaban J connectivity index is -0.0000000156. The third-order valence-electron chi connectivity index (χ3n) is 2.60. The maximum absolute atomic E-state index is 11.3. The van der Waals surface area contributed by atoms with Gasteiger partial charge in [-0.1, -0.05) is 5.92 Å². The van der Waals surface area contributed by atoms with Crippen LogP contribution in [0.4, 0.5) is 0 Å². The molecule has 3 N–H and O–H groups in total. The quantitative estimate of drug-likeness (QED) is 0.156. The van der Waals surface area contributed by atoms with Gasteiger partial charge < -0.3 is 19.7 Å². The van der Waals surface area contributed by atoms with Crippen LogP contribution in [0.2, 0.25) is 0 Å². The van der Waals surface area contributed by atoms with E-state index in [0.717, 1.165) is 0 Å². The van der Waals surface area contributed by atoms with Crippen LogP contribution >= 0.6 is 0 Å². The molecule has 0 fully saturated rings. The van der Waals surface area contributed by atoms with Crippen molar-refractivity contribution in [2.45, 2.75) is 20.0 Å². The highest BCUT2D eigenvalue weighted by Crippen LogP contribution is 1.92. The van der Waals surface area contributed by atoms with E-state index in [1.165, 1.54) is 6.92 Å². The summed E-state index contributed by atoms with van der Waals surface area (Å²) in [6.07, 6.45) is 3.98. The van der Waals surface area contributed by atoms with Crippen LogP contribution in [-0.2, 0) is 19.1 Å². The summed E-state index contributed by atoms with van der Waals surface area (Å²) in [5, 5.41) is 19.6. The van der Waals surface area contributed by atoms with Crippen molar-refractivity contribution in [3.05, 3.63) is 0 Å². The van der Waals surface area contributed by atoms with Crippen LogP contribution in [0.1, 0.15) is 45.2 Å². The van der Waals surface area contributed by atoms with Gasteiger partial charge in [-0.2, -0.15) is 0 Å². The number of rotatable bonds is 5. The number of esters is 1. The Morgan fingerprint density at radius 1 is 0.769 bits per heavy atom. The van der Waals surface area contributed by atoms with E-state index in [-0.39, 0.29) is 43.9 Å². The van der Waals surface area contributed by atoms with Gasteiger partial charge in [0, 0.05) is 74.0 Å².